The van der Waals surface area contributed by atoms with E-state index >= 15 is 0 Å². The van der Waals surface area contributed by atoms with Gasteiger partial charge < -0.3 is 14.4 Å². The highest BCUT2D eigenvalue weighted by atomic mass is 19.4. The number of hydrogen-bond donors (Lipinski definition) is 1. The van der Waals surface area contributed by atoms with Gasteiger partial charge in [0, 0.05) is 23.9 Å². The van der Waals surface area contributed by atoms with Crippen LogP contribution >= 0.6 is 0 Å². The molecule has 0 aliphatic heterocycles. The lowest BCUT2D eigenvalue weighted by molar-refractivity contribution is -0.143. The normalized spacial score (nSPS) is 17.6. The fourth-order valence-electron chi connectivity index (χ4n) is 5.78. The first-order valence-electron chi connectivity index (χ1n) is 13.6. The Hall–Kier alpha value is -4.40. The summed E-state index contributed by atoms with van der Waals surface area (Å²) in [5.74, 6) is -0.667. The Kier molecular flexibility index (Phi) is 7.11. The van der Waals surface area contributed by atoms with Crippen molar-refractivity contribution in [1.29, 1.82) is 0 Å². The number of para-hydroxylation sites is 1. The molecular formula is C32H28F3N3O3. The summed E-state index contributed by atoms with van der Waals surface area (Å²) in [7, 11) is 0. The summed E-state index contributed by atoms with van der Waals surface area (Å²) in [6.45, 7) is 0.387. The standard InChI is InChI=1S/C32H28F3N3O3/c33-32(34,35)22-8-5-6-20(16-22)18-38-29-15-14-24(41-19-23-13-12-21-7-1-4-11-27(21)36-23)17-28(29)37-30(38)25-9-2-3-10-26(25)31(39)40/h1,4-8,11-17,25-26H,2-3,9-10,18-19H2,(H,39,40)/t25-,26+/m0/s1. The molecule has 1 fully saturated rings. The maximum Gasteiger partial charge on any atom is 0.416 e. The molecule has 2 atom stereocenters. The smallest absolute Gasteiger partial charge is 0.416 e. The van der Waals surface area contributed by atoms with Crippen LogP contribution in [0.4, 0.5) is 13.2 Å². The number of carbonyl (C=O) groups is 1. The summed E-state index contributed by atoms with van der Waals surface area (Å²) in [6.07, 6.45) is -1.57. The summed E-state index contributed by atoms with van der Waals surface area (Å²) >= 11 is 0. The third-order valence-electron chi connectivity index (χ3n) is 7.80. The molecule has 210 valence electrons. The van der Waals surface area contributed by atoms with Crippen LogP contribution < -0.4 is 4.74 Å². The maximum absolute atomic E-state index is 13.4. The van der Waals surface area contributed by atoms with Crippen molar-refractivity contribution in [1.82, 2.24) is 14.5 Å². The lowest BCUT2D eigenvalue weighted by Gasteiger charge is -2.28. The van der Waals surface area contributed by atoms with E-state index in [1.807, 2.05) is 47.0 Å². The van der Waals surface area contributed by atoms with Gasteiger partial charge >= 0.3 is 12.1 Å². The average molecular weight is 560 g/mol. The Labute approximate surface area is 234 Å². The van der Waals surface area contributed by atoms with Crippen molar-refractivity contribution in [3.63, 3.8) is 0 Å². The van der Waals surface area contributed by atoms with E-state index in [1.165, 1.54) is 6.07 Å². The van der Waals surface area contributed by atoms with E-state index in [9.17, 15) is 23.1 Å². The predicted octanol–water partition coefficient (Wildman–Crippen LogP) is 7.59. The molecule has 1 saturated carbocycles. The number of aliphatic carboxylic acids is 1. The van der Waals surface area contributed by atoms with Crippen LogP contribution in [0, 0.1) is 5.92 Å². The van der Waals surface area contributed by atoms with Gasteiger partial charge in [-0.2, -0.15) is 13.2 Å². The summed E-state index contributed by atoms with van der Waals surface area (Å²) in [5, 5.41) is 11.0. The molecule has 1 aliphatic rings. The summed E-state index contributed by atoms with van der Waals surface area (Å²) in [6, 6.07) is 22.4. The highest BCUT2D eigenvalue weighted by Crippen LogP contribution is 2.40. The molecule has 0 spiro atoms. The number of carboxylic acid groups (broad SMARTS) is 1. The maximum atomic E-state index is 13.4. The zero-order valence-corrected chi connectivity index (χ0v) is 22.1. The second-order valence-corrected chi connectivity index (χ2v) is 10.5. The molecule has 0 saturated heterocycles. The fourth-order valence-corrected chi connectivity index (χ4v) is 5.78. The molecule has 0 bridgehead atoms. The number of carboxylic acids is 1. The molecule has 6 rings (SSSR count). The molecule has 2 heterocycles. The number of fused-ring (bicyclic) bond motifs is 2. The quantitative estimate of drug-likeness (QED) is 0.222. The van der Waals surface area contributed by atoms with Gasteiger partial charge in [0.15, 0.2) is 0 Å². The van der Waals surface area contributed by atoms with Gasteiger partial charge in [0.1, 0.15) is 18.2 Å². The van der Waals surface area contributed by atoms with Crippen LogP contribution in [0.3, 0.4) is 0 Å². The first-order valence-corrected chi connectivity index (χ1v) is 13.6. The third-order valence-corrected chi connectivity index (χ3v) is 7.80. The zero-order chi connectivity index (χ0) is 28.6. The highest BCUT2D eigenvalue weighted by Gasteiger charge is 2.36. The Morgan fingerprint density at radius 1 is 0.927 bits per heavy atom. The average Bonchev–Trinajstić information content (AvgIpc) is 3.32. The Bertz CT molecular complexity index is 1730. The van der Waals surface area contributed by atoms with Crippen molar-refractivity contribution in [2.24, 2.45) is 5.92 Å². The molecular weight excluding hydrogens is 531 g/mol. The topological polar surface area (TPSA) is 77.2 Å². The Balaban J connectivity index is 1.35. The number of halogens is 3. The lowest BCUT2D eigenvalue weighted by atomic mass is 9.78. The Morgan fingerprint density at radius 3 is 2.59 bits per heavy atom. The van der Waals surface area contributed by atoms with E-state index < -0.39 is 23.6 Å². The Morgan fingerprint density at radius 2 is 1.76 bits per heavy atom. The minimum atomic E-state index is -4.46. The SMILES string of the molecule is O=C(O)[C@@H]1CCCC[C@@H]1c1nc2cc(OCc3ccc4ccccc4n3)ccc2n1Cc1cccc(C(F)(F)F)c1. The van der Waals surface area contributed by atoms with Crippen LogP contribution in [0.2, 0.25) is 0 Å². The van der Waals surface area contributed by atoms with Gasteiger partial charge in [-0.15, -0.1) is 0 Å². The number of nitrogens with zero attached hydrogens (tertiary/aromatic N) is 3. The van der Waals surface area contributed by atoms with Gasteiger partial charge in [-0.05, 0) is 54.8 Å². The van der Waals surface area contributed by atoms with E-state index in [0.717, 1.165) is 41.6 Å². The van der Waals surface area contributed by atoms with E-state index in [4.69, 9.17) is 9.72 Å². The van der Waals surface area contributed by atoms with Crippen LogP contribution in [0.1, 0.15) is 54.2 Å². The molecule has 0 amide bonds. The van der Waals surface area contributed by atoms with E-state index in [0.29, 0.717) is 41.0 Å². The van der Waals surface area contributed by atoms with Crippen LogP contribution in [-0.4, -0.2) is 25.6 Å². The van der Waals surface area contributed by atoms with Crippen molar-refractivity contribution < 1.29 is 27.8 Å². The minimum Gasteiger partial charge on any atom is -0.487 e. The van der Waals surface area contributed by atoms with Gasteiger partial charge in [0.25, 0.3) is 0 Å². The summed E-state index contributed by atoms with van der Waals surface area (Å²) in [5.41, 5.74) is 2.70. The van der Waals surface area contributed by atoms with Gasteiger partial charge in [0.05, 0.1) is 33.7 Å². The molecule has 9 heteroatoms. The van der Waals surface area contributed by atoms with Gasteiger partial charge in [-0.1, -0.05) is 49.2 Å². The number of rotatable bonds is 7. The second kappa shape index (κ2) is 10.9. The first-order chi connectivity index (χ1) is 19.8. The van der Waals surface area contributed by atoms with E-state index in [-0.39, 0.29) is 19.1 Å². The van der Waals surface area contributed by atoms with Crippen LogP contribution in [0.5, 0.6) is 5.75 Å². The van der Waals surface area contributed by atoms with Crippen molar-refractivity contribution in [2.45, 2.75) is 50.9 Å². The molecule has 0 unspecified atom stereocenters. The summed E-state index contributed by atoms with van der Waals surface area (Å²) in [4.78, 5) is 21.7. The second-order valence-electron chi connectivity index (χ2n) is 10.5. The molecule has 1 aliphatic carbocycles. The van der Waals surface area contributed by atoms with Gasteiger partial charge in [-0.25, -0.2) is 9.97 Å². The largest absolute Gasteiger partial charge is 0.487 e. The highest BCUT2D eigenvalue weighted by molar-refractivity contribution is 5.79. The molecule has 41 heavy (non-hydrogen) atoms. The number of alkyl halides is 3. The monoisotopic (exact) mass is 559 g/mol. The first kappa shape index (κ1) is 26.8. The molecule has 5 aromatic rings. The molecule has 2 aromatic heterocycles. The van der Waals surface area contributed by atoms with Crippen LogP contribution in [-0.2, 0) is 24.1 Å². The number of imidazole rings is 1. The number of benzene rings is 3. The molecule has 6 nitrogen and oxygen atoms in total. The number of ether oxygens (including phenoxy) is 1. The van der Waals surface area contributed by atoms with Crippen molar-refractivity contribution >= 4 is 27.9 Å². The van der Waals surface area contributed by atoms with Gasteiger partial charge in [0.2, 0.25) is 0 Å². The lowest BCUT2D eigenvalue weighted by Crippen LogP contribution is -2.27. The number of hydrogen-bond acceptors (Lipinski definition) is 4. The van der Waals surface area contributed by atoms with Gasteiger partial charge in [-0.3, -0.25) is 4.79 Å². The van der Waals surface area contributed by atoms with E-state index in [2.05, 4.69) is 4.98 Å². The van der Waals surface area contributed by atoms with Crippen LogP contribution in [0.15, 0.2) is 78.9 Å². The molecule has 3 aromatic carbocycles. The van der Waals surface area contributed by atoms with E-state index in [1.54, 1.807) is 18.2 Å². The number of aromatic nitrogens is 3. The fraction of sp³-hybridized carbons (Fsp3) is 0.281. The van der Waals surface area contributed by atoms with Crippen molar-refractivity contribution in [3.05, 3.63) is 102 Å². The van der Waals surface area contributed by atoms with Crippen LogP contribution in [0.25, 0.3) is 21.9 Å². The molecule has 0 radical (unpaired) electrons. The van der Waals surface area contributed by atoms with Crippen molar-refractivity contribution in [2.75, 3.05) is 0 Å². The number of pyridine rings is 1. The minimum absolute atomic E-state index is 0.139. The predicted molar refractivity (Wildman–Crippen MR) is 149 cm³/mol. The summed E-state index contributed by atoms with van der Waals surface area (Å²) < 4.78 is 48.2. The third kappa shape index (κ3) is 5.62. The molecule has 1 N–H and O–H groups in total. The van der Waals surface area contributed by atoms with Crippen molar-refractivity contribution in [3.8, 4) is 5.75 Å². The zero-order valence-electron chi connectivity index (χ0n) is 22.1.